The van der Waals surface area contributed by atoms with Gasteiger partial charge in [0.15, 0.2) is 0 Å². The molecule has 0 radical (unpaired) electrons. The summed E-state index contributed by atoms with van der Waals surface area (Å²) < 4.78 is 16.3. The molecule has 1 heterocycles. The lowest BCUT2D eigenvalue weighted by Gasteiger charge is -2.25. The van der Waals surface area contributed by atoms with Gasteiger partial charge in [-0.25, -0.2) is 9.78 Å². The number of hydrogen-bond acceptors (Lipinski definition) is 8. The molecule has 43 heavy (non-hydrogen) atoms. The third-order valence-electron chi connectivity index (χ3n) is 5.96. The monoisotopic (exact) mass is 603 g/mol. The number of allylic oxidation sites excluding steroid dienone is 3. The minimum Gasteiger partial charge on any atom is -0.465 e. The number of carbonyl (C=O) groups excluding carboxylic acids is 2. The number of anilines is 1. The van der Waals surface area contributed by atoms with Crippen LogP contribution >= 0.6 is 0 Å². The first-order chi connectivity index (χ1) is 20.6. The van der Waals surface area contributed by atoms with Gasteiger partial charge in [0.05, 0.1) is 32.5 Å². The van der Waals surface area contributed by atoms with Crippen molar-refractivity contribution in [1.29, 1.82) is 0 Å². The highest BCUT2D eigenvalue weighted by molar-refractivity contribution is 5.88. The topological polar surface area (TPSA) is 165 Å². The van der Waals surface area contributed by atoms with E-state index in [1.807, 2.05) is 32.9 Å². The van der Waals surface area contributed by atoms with Gasteiger partial charge in [-0.2, -0.15) is 0 Å². The molecule has 0 aliphatic carbocycles. The normalized spacial score (nSPS) is 12.6. The smallest absolute Gasteiger partial charge is 0.413 e. The van der Waals surface area contributed by atoms with E-state index < -0.39 is 18.0 Å². The van der Waals surface area contributed by atoms with Crippen molar-refractivity contribution in [3.05, 3.63) is 59.8 Å². The van der Waals surface area contributed by atoms with Crippen molar-refractivity contribution in [2.75, 3.05) is 58.1 Å². The summed E-state index contributed by atoms with van der Waals surface area (Å²) in [5, 5.41) is 15.4. The quantitative estimate of drug-likeness (QED) is 0.115. The molecule has 0 saturated heterocycles. The van der Waals surface area contributed by atoms with Crippen molar-refractivity contribution in [3.8, 4) is 0 Å². The predicted molar refractivity (Wildman–Crippen MR) is 167 cm³/mol. The predicted octanol–water partition coefficient (Wildman–Crippen LogP) is 3.20. The van der Waals surface area contributed by atoms with Crippen molar-refractivity contribution >= 4 is 23.7 Å². The number of amides is 3. The third-order valence-corrected chi connectivity index (χ3v) is 5.96. The number of carboxylic acid groups (broad SMARTS) is 1. The molecule has 2 unspecified atom stereocenters. The number of pyridine rings is 1. The molecular formula is C31H49N5O7. The molecule has 1 rings (SSSR count). The zero-order valence-corrected chi connectivity index (χ0v) is 26.0. The van der Waals surface area contributed by atoms with Gasteiger partial charge in [-0.1, -0.05) is 35.9 Å². The number of aromatic nitrogens is 1. The van der Waals surface area contributed by atoms with E-state index in [4.69, 9.17) is 19.9 Å². The standard InChI is InChI=1S/C31H49N5O7/c1-23(2)20-25(21-24(3)4)26(12-16-41-5)35-30(38)27(22-43-19-18-42-17-13-32)34-29(37)11-7-9-15-36(31(39)40)28-10-6-8-14-33-28/h6,8,10,14,20-21,26-27H,1,7,9,11-13,15-19,22,32H2,2-5H3,(H,34,37)(H,35,38)(H,39,40). The highest BCUT2D eigenvalue weighted by Crippen LogP contribution is 2.15. The first-order valence-electron chi connectivity index (χ1n) is 14.5. The molecule has 0 spiro atoms. The van der Waals surface area contributed by atoms with Crippen LogP contribution in [-0.2, 0) is 23.8 Å². The minimum atomic E-state index is -1.12. The van der Waals surface area contributed by atoms with E-state index in [0.29, 0.717) is 51.4 Å². The van der Waals surface area contributed by atoms with Gasteiger partial charge in [-0.15, -0.1) is 0 Å². The van der Waals surface area contributed by atoms with E-state index in [1.165, 1.54) is 6.20 Å². The zero-order valence-electron chi connectivity index (χ0n) is 26.0. The Morgan fingerprint density at radius 3 is 2.40 bits per heavy atom. The minimum absolute atomic E-state index is 0.0603. The summed E-state index contributed by atoms with van der Waals surface area (Å²) in [6, 6.07) is 3.67. The summed E-state index contributed by atoms with van der Waals surface area (Å²) in [7, 11) is 1.59. The summed E-state index contributed by atoms with van der Waals surface area (Å²) in [5.74, 6) is -0.433. The molecule has 0 aliphatic rings. The Kier molecular flexibility index (Phi) is 19.2. The number of unbranched alkanes of at least 4 members (excludes halogenated alkanes) is 1. The van der Waals surface area contributed by atoms with Crippen LogP contribution < -0.4 is 21.3 Å². The molecule has 0 saturated carbocycles. The Bertz CT molecular complexity index is 1060. The SMILES string of the molecule is C=C(C)C=C(C=C(C)C)C(CCOC)NC(=O)C(COCCOCCN)NC(=O)CCCCN(C(=O)O)c1ccccn1. The number of nitrogens with zero attached hydrogens (tertiary/aromatic N) is 2. The Morgan fingerprint density at radius 2 is 1.79 bits per heavy atom. The largest absolute Gasteiger partial charge is 0.465 e. The molecule has 5 N–H and O–H groups in total. The van der Waals surface area contributed by atoms with Crippen LogP contribution in [0.5, 0.6) is 0 Å². The molecule has 240 valence electrons. The summed E-state index contributed by atoms with van der Waals surface area (Å²) in [6.45, 7) is 11.6. The molecule has 0 fully saturated rings. The zero-order chi connectivity index (χ0) is 32.0. The number of nitrogens with two attached hydrogens (primary N) is 1. The average molecular weight is 604 g/mol. The van der Waals surface area contributed by atoms with Crippen LogP contribution in [0.2, 0.25) is 0 Å². The number of hydrogen-bond donors (Lipinski definition) is 4. The van der Waals surface area contributed by atoms with Gasteiger partial charge in [-0.05, 0) is 57.7 Å². The van der Waals surface area contributed by atoms with Crippen LogP contribution in [-0.4, -0.2) is 93.3 Å². The van der Waals surface area contributed by atoms with Crippen molar-refractivity contribution in [3.63, 3.8) is 0 Å². The van der Waals surface area contributed by atoms with Gasteiger partial charge in [-0.3, -0.25) is 14.5 Å². The van der Waals surface area contributed by atoms with Gasteiger partial charge in [0.1, 0.15) is 11.9 Å². The average Bonchev–Trinajstić information content (AvgIpc) is 2.95. The molecule has 3 amide bonds. The summed E-state index contributed by atoms with van der Waals surface area (Å²) >= 11 is 0. The fourth-order valence-electron chi connectivity index (χ4n) is 4.02. The maximum absolute atomic E-state index is 13.5. The van der Waals surface area contributed by atoms with E-state index in [1.54, 1.807) is 25.3 Å². The van der Waals surface area contributed by atoms with Crippen LogP contribution in [0, 0.1) is 0 Å². The lowest BCUT2D eigenvalue weighted by molar-refractivity contribution is -0.131. The molecule has 1 aromatic heterocycles. The number of carbonyl (C=O) groups is 3. The Morgan fingerprint density at radius 1 is 1.05 bits per heavy atom. The van der Waals surface area contributed by atoms with Gasteiger partial charge >= 0.3 is 6.09 Å². The first-order valence-corrected chi connectivity index (χ1v) is 14.5. The first kappa shape index (κ1) is 37.4. The number of ether oxygens (including phenoxy) is 3. The Labute approximate surface area is 255 Å². The lowest BCUT2D eigenvalue weighted by Crippen LogP contribution is -2.52. The van der Waals surface area contributed by atoms with Crippen molar-refractivity contribution in [1.82, 2.24) is 15.6 Å². The molecule has 0 aromatic carbocycles. The second-order valence-electron chi connectivity index (χ2n) is 10.2. The molecule has 0 bridgehead atoms. The Hall–Kier alpha value is -3.58. The van der Waals surface area contributed by atoms with Crippen LogP contribution in [0.15, 0.2) is 59.8 Å². The van der Waals surface area contributed by atoms with Gasteiger partial charge < -0.3 is 35.7 Å². The summed E-state index contributed by atoms with van der Waals surface area (Å²) in [5.41, 5.74) is 8.20. The number of rotatable bonds is 22. The van der Waals surface area contributed by atoms with Crippen LogP contribution in [0.25, 0.3) is 0 Å². The van der Waals surface area contributed by atoms with Crippen molar-refractivity contribution in [2.45, 2.75) is 58.5 Å². The highest BCUT2D eigenvalue weighted by Gasteiger charge is 2.25. The highest BCUT2D eigenvalue weighted by atomic mass is 16.5. The fraction of sp³-hybridized carbons (Fsp3) is 0.548. The second kappa shape index (κ2) is 22.0. The molecule has 0 aliphatic heterocycles. The van der Waals surface area contributed by atoms with Crippen molar-refractivity contribution < 1.29 is 33.7 Å². The second-order valence-corrected chi connectivity index (χ2v) is 10.2. The Balaban J connectivity index is 2.91. The van der Waals surface area contributed by atoms with Gasteiger partial charge in [0, 0.05) is 39.4 Å². The van der Waals surface area contributed by atoms with Crippen LogP contribution in [0.4, 0.5) is 10.6 Å². The van der Waals surface area contributed by atoms with E-state index >= 15 is 0 Å². The van der Waals surface area contributed by atoms with Gasteiger partial charge in [0.2, 0.25) is 11.8 Å². The van der Waals surface area contributed by atoms with Crippen molar-refractivity contribution in [2.24, 2.45) is 5.73 Å². The van der Waals surface area contributed by atoms with E-state index in [0.717, 1.165) is 21.6 Å². The summed E-state index contributed by atoms with van der Waals surface area (Å²) in [6.07, 6.45) is 5.75. The fourth-order valence-corrected chi connectivity index (χ4v) is 4.02. The van der Waals surface area contributed by atoms with E-state index in [9.17, 15) is 19.5 Å². The maximum atomic E-state index is 13.5. The molecule has 12 nitrogen and oxygen atoms in total. The van der Waals surface area contributed by atoms with E-state index in [-0.39, 0.29) is 38.1 Å². The third kappa shape index (κ3) is 16.6. The molecule has 12 heteroatoms. The molecule has 1 aromatic rings. The number of methoxy groups -OCH3 is 1. The maximum Gasteiger partial charge on any atom is 0.413 e. The van der Waals surface area contributed by atoms with Crippen LogP contribution in [0.3, 0.4) is 0 Å². The molecular weight excluding hydrogens is 554 g/mol. The van der Waals surface area contributed by atoms with Gasteiger partial charge in [0.25, 0.3) is 0 Å². The number of nitrogens with one attached hydrogen (secondary N) is 2. The van der Waals surface area contributed by atoms with Crippen LogP contribution in [0.1, 0.15) is 46.5 Å². The molecule has 2 atom stereocenters. The van der Waals surface area contributed by atoms with E-state index in [2.05, 4.69) is 22.2 Å². The lowest BCUT2D eigenvalue weighted by atomic mass is 9.99. The summed E-state index contributed by atoms with van der Waals surface area (Å²) in [4.78, 5) is 43.3.